The number of carbonyl (C=O) groups excluding carboxylic acids is 3. The number of unbranched alkanes of at least 4 members (excludes halogenated alkanes) is 1. The molecule has 3 amide bonds. The van der Waals surface area contributed by atoms with E-state index in [2.05, 4.69) is 16.7 Å². The lowest BCUT2D eigenvalue weighted by Gasteiger charge is -2.15. The van der Waals surface area contributed by atoms with Gasteiger partial charge in [-0.3, -0.25) is 14.4 Å². The molecule has 0 aromatic heterocycles. The summed E-state index contributed by atoms with van der Waals surface area (Å²) in [7, 11) is 0. The van der Waals surface area contributed by atoms with E-state index in [-0.39, 0.29) is 11.8 Å². The highest BCUT2D eigenvalue weighted by atomic mass is 16.2. The number of carbonyl (C=O) groups is 3. The zero-order valence-electron chi connectivity index (χ0n) is 16.9. The van der Waals surface area contributed by atoms with Crippen LogP contribution in [0.25, 0.3) is 0 Å². The first kappa shape index (κ1) is 21.9. The predicted molar refractivity (Wildman–Crippen MR) is 110 cm³/mol. The van der Waals surface area contributed by atoms with Gasteiger partial charge in [-0.1, -0.05) is 19.4 Å². The van der Waals surface area contributed by atoms with Crippen molar-refractivity contribution in [2.24, 2.45) is 5.73 Å². The van der Waals surface area contributed by atoms with Crippen LogP contribution in [0.1, 0.15) is 79.8 Å². The summed E-state index contributed by atoms with van der Waals surface area (Å²) >= 11 is 0. The van der Waals surface area contributed by atoms with Crippen molar-refractivity contribution in [3.8, 4) is 0 Å². The van der Waals surface area contributed by atoms with E-state index in [0.717, 1.165) is 31.2 Å². The van der Waals surface area contributed by atoms with Gasteiger partial charge in [0.15, 0.2) is 0 Å². The Labute approximate surface area is 167 Å². The number of rotatable bonds is 10. The van der Waals surface area contributed by atoms with Crippen LogP contribution in [0.2, 0.25) is 0 Å². The van der Waals surface area contributed by atoms with E-state index in [9.17, 15) is 14.4 Å². The first-order chi connectivity index (χ1) is 13.5. The van der Waals surface area contributed by atoms with Crippen molar-refractivity contribution in [2.45, 2.75) is 77.2 Å². The zero-order chi connectivity index (χ0) is 20.4. The highest BCUT2D eigenvalue weighted by Gasteiger charge is 2.17. The number of aryl methyl sites for hydroxylation is 2. The molecule has 1 aliphatic rings. The molecule has 0 radical (unpaired) electrons. The summed E-state index contributed by atoms with van der Waals surface area (Å²) in [5.41, 5.74) is 8.59. The fourth-order valence-corrected chi connectivity index (χ4v) is 3.57. The molecule has 2 rings (SSSR count). The molecule has 0 aliphatic heterocycles. The average molecular weight is 388 g/mol. The van der Waals surface area contributed by atoms with Crippen molar-refractivity contribution in [1.29, 1.82) is 0 Å². The summed E-state index contributed by atoms with van der Waals surface area (Å²) in [5, 5.41) is 5.64. The number of hydrogen-bond acceptors (Lipinski definition) is 3. The number of nitrogens with one attached hydrogen (secondary N) is 2. The van der Waals surface area contributed by atoms with E-state index in [4.69, 9.17) is 5.73 Å². The number of primary amides is 1. The number of amides is 3. The van der Waals surface area contributed by atoms with Gasteiger partial charge in [-0.05, 0) is 74.6 Å². The Morgan fingerprint density at radius 1 is 1.04 bits per heavy atom. The molecule has 154 valence electrons. The van der Waals surface area contributed by atoms with Crippen LogP contribution in [0.5, 0.6) is 0 Å². The largest absolute Gasteiger partial charge is 0.368 e. The monoisotopic (exact) mass is 387 g/mol. The Hall–Kier alpha value is -2.37. The molecule has 28 heavy (non-hydrogen) atoms. The van der Waals surface area contributed by atoms with E-state index >= 15 is 0 Å². The first-order valence-electron chi connectivity index (χ1n) is 10.5. The zero-order valence-corrected chi connectivity index (χ0v) is 16.9. The van der Waals surface area contributed by atoms with Crippen molar-refractivity contribution < 1.29 is 14.4 Å². The molecule has 6 heteroatoms. The fraction of sp³-hybridized carbons (Fsp3) is 0.591. The Balaban J connectivity index is 1.75. The van der Waals surface area contributed by atoms with Gasteiger partial charge in [0.1, 0.15) is 6.04 Å². The molecule has 4 N–H and O–H groups in total. The Kier molecular flexibility index (Phi) is 8.98. The number of fused-ring (bicyclic) bond motifs is 2. The van der Waals surface area contributed by atoms with Crippen molar-refractivity contribution in [3.63, 3.8) is 0 Å². The quantitative estimate of drug-likeness (QED) is 0.538. The highest BCUT2D eigenvalue weighted by molar-refractivity contribution is 5.94. The fourth-order valence-electron chi connectivity index (χ4n) is 3.57. The summed E-state index contributed by atoms with van der Waals surface area (Å²) in [6, 6.07) is 5.57. The summed E-state index contributed by atoms with van der Waals surface area (Å²) in [6.07, 6.45) is 8.71. The van der Waals surface area contributed by atoms with Gasteiger partial charge in [-0.25, -0.2) is 0 Å². The van der Waals surface area contributed by atoms with E-state index in [1.165, 1.54) is 30.4 Å². The van der Waals surface area contributed by atoms with Gasteiger partial charge in [-0.15, -0.1) is 0 Å². The van der Waals surface area contributed by atoms with Crippen molar-refractivity contribution >= 4 is 17.7 Å². The SMILES string of the molecule is CCCC(=O)NC(CCCCNC(=O)c1cc2cc(c1)CCCCC2)C(N)=O. The Morgan fingerprint density at radius 3 is 2.32 bits per heavy atom. The third-order valence-electron chi connectivity index (χ3n) is 5.11. The van der Waals surface area contributed by atoms with Gasteiger partial charge < -0.3 is 16.4 Å². The maximum absolute atomic E-state index is 12.5. The lowest BCUT2D eigenvalue weighted by atomic mass is 9.94. The third-order valence-corrected chi connectivity index (χ3v) is 5.11. The van der Waals surface area contributed by atoms with Crippen molar-refractivity contribution in [3.05, 3.63) is 34.9 Å². The van der Waals surface area contributed by atoms with E-state index in [1.807, 2.05) is 19.1 Å². The van der Waals surface area contributed by atoms with Crippen LogP contribution in [0.4, 0.5) is 0 Å². The number of benzene rings is 1. The molecular formula is C22H33N3O3. The van der Waals surface area contributed by atoms with Gasteiger partial charge in [0.05, 0.1) is 0 Å². The van der Waals surface area contributed by atoms with Gasteiger partial charge in [-0.2, -0.15) is 0 Å². The summed E-state index contributed by atoms with van der Waals surface area (Å²) < 4.78 is 0. The predicted octanol–water partition coefficient (Wildman–Crippen LogP) is 2.63. The normalized spacial score (nSPS) is 14.5. The second kappa shape index (κ2) is 11.5. The summed E-state index contributed by atoms with van der Waals surface area (Å²) in [4.78, 5) is 35.6. The molecule has 0 fully saturated rings. The lowest BCUT2D eigenvalue weighted by Crippen LogP contribution is -2.44. The Morgan fingerprint density at radius 2 is 1.71 bits per heavy atom. The topological polar surface area (TPSA) is 101 Å². The second-order valence-corrected chi connectivity index (χ2v) is 7.62. The van der Waals surface area contributed by atoms with Crippen LogP contribution in [0.3, 0.4) is 0 Å². The molecule has 0 heterocycles. The molecule has 0 spiro atoms. The summed E-state index contributed by atoms with van der Waals surface area (Å²) in [5.74, 6) is -0.714. The molecule has 1 aliphatic carbocycles. The van der Waals surface area contributed by atoms with Crippen LogP contribution < -0.4 is 16.4 Å². The van der Waals surface area contributed by atoms with Crippen LogP contribution in [0.15, 0.2) is 18.2 Å². The smallest absolute Gasteiger partial charge is 0.251 e. The van der Waals surface area contributed by atoms with Crippen LogP contribution >= 0.6 is 0 Å². The maximum atomic E-state index is 12.5. The average Bonchev–Trinajstić information content (AvgIpc) is 2.65. The van der Waals surface area contributed by atoms with Crippen molar-refractivity contribution in [2.75, 3.05) is 6.54 Å². The van der Waals surface area contributed by atoms with Crippen LogP contribution in [-0.2, 0) is 22.4 Å². The highest BCUT2D eigenvalue weighted by Crippen LogP contribution is 2.19. The van der Waals surface area contributed by atoms with Crippen molar-refractivity contribution in [1.82, 2.24) is 10.6 Å². The third kappa shape index (κ3) is 7.33. The van der Waals surface area contributed by atoms with E-state index in [1.54, 1.807) is 0 Å². The second-order valence-electron chi connectivity index (χ2n) is 7.62. The number of nitrogens with two attached hydrogens (primary N) is 1. The maximum Gasteiger partial charge on any atom is 0.251 e. The molecule has 6 nitrogen and oxygen atoms in total. The van der Waals surface area contributed by atoms with Crippen LogP contribution in [-0.4, -0.2) is 30.3 Å². The molecule has 1 aromatic rings. The minimum absolute atomic E-state index is 0.0497. The van der Waals surface area contributed by atoms with E-state index in [0.29, 0.717) is 25.8 Å². The lowest BCUT2D eigenvalue weighted by molar-refractivity contribution is -0.127. The Bertz CT molecular complexity index is 663. The van der Waals surface area contributed by atoms with Crippen LogP contribution in [0, 0.1) is 0 Å². The molecule has 1 unspecified atom stereocenters. The van der Waals surface area contributed by atoms with E-state index < -0.39 is 11.9 Å². The minimum atomic E-state index is -0.639. The molecule has 0 saturated heterocycles. The van der Waals surface area contributed by atoms with Gasteiger partial charge in [0.2, 0.25) is 11.8 Å². The molecule has 1 aromatic carbocycles. The standard InChI is InChI=1S/C22H33N3O3/c1-2-8-20(26)25-19(21(23)27)11-6-7-12-24-22(28)18-14-16-9-4-3-5-10-17(13-16)15-18/h13-15,19H,2-12H2,1H3,(H2,23,27)(H,24,28)(H,25,26). The minimum Gasteiger partial charge on any atom is -0.368 e. The molecular weight excluding hydrogens is 354 g/mol. The molecule has 1 atom stereocenters. The van der Waals surface area contributed by atoms with Gasteiger partial charge in [0.25, 0.3) is 5.91 Å². The molecule has 0 saturated carbocycles. The first-order valence-corrected chi connectivity index (χ1v) is 10.5. The number of hydrogen-bond donors (Lipinski definition) is 3. The summed E-state index contributed by atoms with van der Waals surface area (Å²) in [6.45, 7) is 2.44. The van der Waals surface area contributed by atoms with Gasteiger partial charge >= 0.3 is 0 Å². The van der Waals surface area contributed by atoms with Gasteiger partial charge in [0, 0.05) is 18.5 Å². The molecule has 2 bridgehead atoms.